The number of ether oxygens (including phenoxy) is 4. The summed E-state index contributed by atoms with van der Waals surface area (Å²) in [5, 5.41) is 9.57. The van der Waals surface area contributed by atoms with Gasteiger partial charge in [0.1, 0.15) is 23.9 Å². The summed E-state index contributed by atoms with van der Waals surface area (Å²) in [6.07, 6.45) is 0. The summed E-state index contributed by atoms with van der Waals surface area (Å²) in [4.78, 5) is 16.1. The van der Waals surface area contributed by atoms with Gasteiger partial charge in [0.2, 0.25) is 11.8 Å². The third-order valence-corrected chi connectivity index (χ3v) is 6.93. The summed E-state index contributed by atoms with van der Waals surface area (Å²) in [7, 11) is 3.63. The van der Waals surface area contributed by atoms with Gasteiger partial charge in [0.05, 0.1) is 31.4 Å². The normalized spacial score (nSPS) is 12.3. The van der Waals surface area contributed by atoms with Gasteiger partial charge in [-0.05, 0) is 54.1 Å². The monoisotopic (exact) mass is 583 g/mol. The molecule has 1 aromatic heterocycles. The number of hydrogen-bond acceptors (Lipinski definition) is 9. The van der Waals surface area contributed by atoms with Crippen LogP contribution in [-0.2, 0) is 6.61 Å². The first-order valence-corrected chi connectivity index (χ1v) is 14.0. The largest absolute Gasteiger partial charge is 0.497 e. The lowest BCUT2D eigenvalue weighted by molar-refractivity contribution is 0.290. The first-order chi connectivity index (χ1) is 21.6. The van der Waals surface area contributed by atoms with E-state index in [1.165, 1.54) is 0 Å². The summed E-state index contributed by atoms with van der Waals surface area (Å²) in [6.45, 7) is 1.97. The molecule has 9 nitrogen and oxygen atoms in total. The summed E-state index contributed by atoms with van der Waals surface area (Å²) >= 11 is 0. The van der Waals surface area contributed by atoms with E-state index in [1.54, 1.807) is 31.4 Å². The smallest absolute Gasteiger partial charge is 0.226 e. The Labute approximate surface area is 255 Å². The van der Waals surface area contributed by atoms with Crippen LogP contribution in [0.4, 0.5) is 0 Å². The van der Waals surface area contributed by atoms with Gasteiger partial charge in [-0.2, -0.15) is 15.2 Å². The van der Waals surface area contributed by atoms with Crippen molar-refractivity contribution in [3.8, 4) is 52.2 Å². The van der Waals surface area contributed by atoms with Crippen LogP contribution in [0.25, 0.3) is 11.4 Å². The molecule has 0 radical (unpaired) electrons. The third kappa shape index (κ3) is 6.61. The van der Waals surface area contributed by atoms with Crippen molar-refractivity contribution in [1.82, 2.24) is 14.9 Å². The molecule has 1 aliphatic heterocycles. The molecule has 0 bridgehead atoms. The average molecular weight is 584 g/mol. The van der Waals surface area contributed by atoms with Crippen LogP contribution >= 0.6 is 0 Å². The van der Waals surface area contributed by atoms with E-state index in [0.717, 1.165) is 35.6 Å². The number of rotatable bonds is 10. The maximum atomic E-state index is 9.57. The summed E-state index contributed by atoms with van der Waals surface area (Å²) in [5.41, 5.74) is 3.11. The number of hydrogen-bond donors (Lipinski definition) is 0. The van der Waals surface area contributed by atoms with Gasteiger partial charge in [0.15, 0.2) is 17.3 Å². The number of nitrogens with zero attached hydrogens (tertiary/aromatic N) is 5. The van der Waals surface area contributed by atoms with Crippen LogP contribution in [0.5, 0.6) is 34.8 Å². The van der Waals surface area contributed by atoms with Crippen molar-refractivity contribution in [2.24, 2.45) is 4.99 Å². The minimum absolute atomic E-state index is 0.219. The second kappa shape index (κ2) is 13.0. The first-order valence-electron chi connectivity index (χ1n) is 14.0. The zero-order valence-electron chi connectivity index (χ0n) is 24.3. The molecule has 4 aromatic carbocycles. The number of amidine groups is 1. The Morgan fingerprint density at radius 2 is 1.57 bits per heavy atom. The molecule has 6 rings (SSSR count). The summed E-state index contributed by atoms with van der Waals surface area (Å²) in [6, 6.07) is 33.7. The molecule has 9 heteroatoms. The quantitative estimate of drug-likeness (QED) is 0.175. The predicted octanol–water partition coefficient (Wildman–Crippen LogP) is 6.88. The number of likely N-dealkylation sites (N-methyl/N-ethyl adjacent to an activating group) is 1. The molecule has 0 atom stereocenters. The van der Waals surface area contributed by atoms with Crippen molar-refractivity contribution in [2.75, 3.05) is 27.2 Å². The van der Waals surface area contributed by atoms with E-state index in [4.69, 9.17) is 23.9 Å². The van der Waals surface area contributed by atoms with E-state index >= 15 is 0 Å². The lowest BCUT2D eigenvalue weighted by atomic mass is 10.2. The molecule has 0 N–H and O–H groups in total. The van der Waals surface area contributed by atoms with Crippen LogP contribution < -0.4 is 18.9 Å². The molecule has 0 saturated heterocycles. The zero-order valence-corrected chi connectivity index (χ0v) is 24.3. The Bertz CT molecular complexity index is 1840. The predicted molar refractivity (Wildman–Crippen MR) is 167 cm³/mol. The van der Waals surface area contributed by atoms with Crippen LogP contribution in [0.3, 0.4) is 0 Å². The minimum Gasteiger partial charge on any atom is -0.497 e. The molecule has 0 amide bonds. The molecule has 2 heterocycles. The van der Waals surface area contributed by atoms with Gasteiger partial charge < -0.3 is 23.8 Å². The Kier molecular flexibility index (Phi) is 8.32. The van der Waals surface area contributed by atoms with E-state index in [0.29, 0.717) is 41.0 Å². The van der Waals surface area contributed by atoms with Crippen molar-refractivity contribution in [3.05, 3.63) is 120 Å². The Hall–Kier alpha value is -5.88. The molecular formula is C35H29N5O4. The van der Waals surface area contributed by atoms with Gasteiger partial charge in [-0.25, -0.2) is 0 Å². The zero-order chi connectivity index (χ0) is 30.3. The topological polar surface area (TPSA) is 102 Å². The first kappa shape index (κ1) is 28.2. The maximum absolute atomic E-state index is 9.57. The standard InChI is InChI=1S/C35H29N5O4/c1-40-18-17-37-35(40)27-9-6-10-29(20-27)43-32-21-33(39-34(38-32)26-12-14-28(41-2)15-13-26)44-31-19-25(22-36)11-16-30(31)42-23-24-7-4-3-5-8-24/h3-16,19-21H,17-18,23H2,1-2H3. The van der Waals surface area contributed by atoms with Gasteiger partial charge in [-0.3, -0.25) is 4.99 Å². The van der Waals surface area contributed by atoms with Crippen molar-refractivity contribution in [2.45, 2.75) is 6.61 Å². The molecule has 0 fully saturated rings. The number of nitriles is 1. The molecule has 0 saturated carbocycles. The Balaban J connectivity index is 1.34. The fourth-order valence-electron chi connectivity index (χ4n) is 4.67. The van der Waals surface area contributed by atoms with Crippen LogP contribution in [-0.4, -0.2) is 48.0 Å². The van der Waals surface area contributed by atoms with Gasteiger partial charge in [0, 0.05) is 30.8 Å². The number of methoxy groups -OCH3 is 1. The van der Waals surface area contributed by atoms with Gasteiger partial charge in [-0.15, -0.1) is 0 Å². The highest BCUT2D eigenvalue weighted by atomic mass is 16.5. The highest BCUT2D eigenvalue weighted by Crippen LogP contribution is 2.35. The van der Waals surface area contributed by atoms with Gasteiger partial charge >= 0.3 is 0 Å². The summed E-state index contributed by atoms with van der Waals surface area (Å²) < 4.78 is 24.0. The second-order valence-corrected chi connectivity index (χ2v) is 10.0. The average Bonchev–Trinajstić information content (AvgIpc) is 3.50. The minimum atomic E-state index is 0.219. The maximum Gasteiger partial charge on any atom is 0.226 e. The molecule has 1 aliphatic rings. The van der Waals surface area contributed by atoms with E-state index in [2.05, 4.69) is 20.9 Å². The second-order valence-electron chi connectivity index (χ2n) is 10.0. The highest BCUT2D eigenvalue weighted by molar-refractivity contribution is 5.99. The van der Waals surface area contributed by atoms with Crippen molar-refractivity contribution in [3.63, 3.8) is 0 Å². The van der Waals surface area contributed by atoms with E-state index in [9.17, 15) is 5.26 Å². The van der Waals surface area contributed by atoms with Gasteiger partial charge in [0.25, 0.3) is 0 Å². The van der Waals surface area contributed by atoms with Crippen LogP contribution in [0.15, 0.2) is 108 Å². The fraction of sp³-hybridized carbons (Fsp3) is 0.143. The van der Waals surface area contributed by atoms with E-state index < -0.39 is 0 Å². The summed E-state index contributed by atoms with van der Waals surface area (Å²) in [5.74, 6) is 3.92. The molecule has 44 heavy (non-hydrogen) atoms. The lowest BCUT2D eigenvalue weighted by Gasteiger charge is -2.15. The van der Waals surface area contributed by atoms with Crippen molar-refractivity contribution < 1.29 is 18.9 Å². The third-order valence-electron chi connectivity index (χ3n) is 6.93. The van der Waals surface area contributed by atoms with Crippen LogP contribution in [0.2, 0.25) is 0 Å². The molecule has 0 spiro atoms. The molecule has 0 unspecified atom stereocenters. The molecule has 218 valence electrons. The van der Waals surface area contributed by atoms with Crippen molar-refractivity contribution in [1.29, 1.82) is 5.26 Å². The van der Waals surface area contributed by atoms with Crippen LogP contribution in [0.1, 0.15) is 16.7 Å². The fourth-order valence-corrected chi connectivity index (χ4v) is 4.67. The Morgan fingerprint density at radius 1 is 0.773 bits per heavy atom. The molecular weight excluding hydrogens is 554 g/mol. The lowest BCUT2D eigenvalue weighted by Crippen LogP contribution is -2.23. The number of aromatic nitrogens is 2. The van der Waals surface area contributed by atoms with E-state index in [1.807, 2.05) is 85.9 Å². The highest BCUT2D eigenvalue weighted by Gasteiger charge is 2.17. The van der Waals surface area contributed by atoms with Gasteiger partial charge in [-0.1, -0.05) is 42.5 Å². The number of benzene rings is 4. The number of aliphatic imine (C=N–C) groups is 1. The van der Waals surface area contributed by atoms with Crippen molar-refractivity contribution >= 4 is 5.84 Å². The SMILES string of the molecule is COc1ccc(-c2nc(Oc3cccc(C4=NCCN4C)c3)cc(Oc3cc(C#N)ccc3OCc3ccccc3)n2)cc1. The van der Waals surface area contributed by atoms with E-state index in [-0.39, 0.29) is 11.8 Å². The van der Waals surface area contributed by atoms with Crippen LogP contribution in [0, 0.1) is 11.3 Å². The molecule has 5 aromatic rings. The molecule has 0 aliphatic carbocycles. The Morgan fingerprint density at radius 3 is 2.30 bits per heavy atom.